The zero-order valence-corrected chi connectivity index (χ0v) is 14.2. The molecule has 1 fully saturated rings. The molecule has 1 saturated heterocycles. The van der Waals surface area contributed by atoms with Crippen LogP contribution in [0.5, 0.6) is 5.75 Å². The van der Waals surface area contributed by atoms with E-state index in [2.05, 4.69) is 17.1 Å². The number of hydrogen-bond acceptors (Lipinski definition) is 4. The first kappa shape index (κ1) is 17.6. The van der Waals surface area contributed by atoms with Gasteiger partial charge in [-0.2, -0.15) is 0 Å². The predicted octanol–water partition coefficient (Wildman–Crippen LogP) is 1.84. The zero-order chi connectivity index (χ0) is 16.8. The number of nitrogens with one attached hydrogen (secondary N) is 1. The Balaban J connectivity index is 1.85. The first-order valence-corrected chi connectivity index (χ1v) is 8.04. The van der Waals surface area contributed by atoms with Crippen molar-refractivity contribution in [2.45, 2.75) is 13.3 Å². The standard InChI is InChI=1S/C16H22ClN3O3/c1-3-19-6-8-20(9-7-19)16(22)11-15(21)18-12-4-5-14(23-2)13(17)10-12/h4-5,10H,3,6-9,11H2,1-2H3,(H,18,21). The van der Waals surface area contributed by atoms with Crippen LogP contribution in [0.1, 0.15) is 13.3 Å². The van der Waals surface area contributed by atoms with Crippen molar-refractivity contribution in [3.63, 3.8) is 0 Å². The molecule has 0 radical (unpaired) electrons. The Morgan fingerprint density at radius 3 is 2.52 bits per heavy atom. The molecule has 0 spiro atoms. The molecule has 0 aliphatic carbocycles. The fraction of sp³-hybridized carbons (Fsp3) is 0.500. The topological polar surface area (TPSA) is 61.9 Å². The molecule has 0 atom stereocenters. The SMILES string of the molecule is CCN1CCN(C(=O)CC(=O)Nc2ccc(OC)c(Cl)c2)CC1. The Morgan fingerprint density at radius 2 is 1.96 bits per heavy atom. The molecule has 1 aliphatic rings. The van der Waals surface area contributed by atoms with E-state index in [-0.39, 0.29) is 18.2 Å². The second-order valence-corrected chi connectivity index (χ2v) is 5.80. The summed E-state index contributed by atoms with van der Waals surface area (Å²) in [6.07, 6.45) is -0.157. The van der Waals surface area contributed by atoms with E-state index >= 15 is 0 Å². The van der Waals surface area contributed by atoms with Crippen molar-refractivity contribution in [1.82, 2.24) is 9.80 Å². The van der Waals surface area contributed by atoms with E-state index in [4.69, 9.17) is 16.3 Å². The number of carbonyl (C=O) groups is 2. The molecule has 6 nitrogen and oxygen atoms in total. The van der Waals surface area contributed by atoms with Crippen molar-refractivity contribution in [1.29, 1.82) is 0 Å². The third-order valence-corrected chi connectivity index (χ3v) is 4.21. The van der Waals surface area contributed by atoms with Crippen LogP contribution in [0.15, 0.2) is 18.2 Å². The van der Waals surface area contributed by atoms with E-state index < -0.39 is 0 Å². The molecule has 0 saturated carbocycles. The summed E-state index contributed by atoms with van der Waals surface area (Å²) in [6, 6.07) is 4.96. The van der Waals surface area contributed by atoms with Gasteiger partial charge in [0.25, 0.3) is 0 Å². The zero-order valence-electron chi connectivity index (χ0n) is 13.5. The lowest BCUT2D eigenvalue weighted by atomic mass is 10.2. The average molecular weight is 340 g/mol. The molecular formula is C16H22ClN3O3. The molecule has 1 aromatic carbocycles. The summed E-state index contributed by atoms with van der Waals surface area (Å²) in [5.41, 5.74) is 0.546. The van der Waals surface area contributed by atoms with Gasteiger partial charge in [-0.05, 0) is 24.7 Å². The Bertz CT molecular complexity index is 572. The van der Waals surface area contributed by atoms with Gasteiger partial charge in [0.15, 0.2) is 0 Å². The van der Waals surface area contributed by atoms with Crippen molar-refractivity contribution < 1.29 is 14.3 Å². The smallest absolute Gasteiger partial charge is 0.233 e. The lowest BCUT2D eigenvalue weighted by molar-refractivity contribution is -0.136. The molecule has 1 aliphatic heterocycles. The average Bonchev–Trinajstić information content (AvgIpc) is 2.55. The van der Waals surface area contributed by atoms with Crippen LogP contribution in [0.2, 0.25) is 5.02 Å². The number of halogens is 1. The van der Waals surface area contributed by atoms with Gasteiger partial charge in [-0.3, -0.25) is 9.59 Å². The van der Waals surface area contributed by atoms with Crippen molar-refractivity contribution in [3.8, 4) is 5.75 Å². The number of anilines is 1. The fourth-order valence-electron chi connectivity index (χ4n) is 2.51. The molecule has 1 heterocycles. The molecule has 2 rings (SSSR count). The summed E-state index contributed by atoms with van der Waals surface area (Å²) in [6.45, 7) is 6.16. The maximum atomic E-state index is 12.2. The Morgan fingerprint density at radius 1 is 1.26 bits per heavy atom. The monoisotopic (exact) mass is 339 g/mol. The van der Waals surface area contributed by atoms with Crippen LogP contribution in [0.3, 0.4) is 0 Å². The number of carbonyl (C=O) groups excluding carboxylic acids is 2. The third-order valence-electron chi connectivity index (χ3n) is 3.92. The Kier molecular flexibility index (Phi) is 6.24. The number of piperazine rings is 1. The lowest BCUT2D eigenvalue weighted by Gasteiger charge is -2.33. The highest BCUT2D eigenvalue weighted by Crippen LogP contribution is 2.27. The van der Waals surface area contributed by atoms with E-state index in [1.807, 2.05) is 0 Å². The number of methoxy groups -OCH3 is 1. The van der Waals surface area contributed by atoms with Gasteiger partial charge in [-0.1, -0.05) is 18.5 Å². The van der Waals surface area contributed by atoms with E-state index in [9.17, 15) is 9.59 Å². The highest BCUT2D eigenvalue weighted by atomic mass is 35.5. The molecule has 0 bridgehead atoms. The minimum atomic E-state index is -0.339. The van der Waals surface area contributed by atoms with Crippen LogP contribution in [0, 0.1) is 0 Å². The van der Waals surface area contributed by atoms with Gasteiger partial charge in [0.2, 0.25) is 11.8 Å². The van der Waals surface area contributed by atoms with Gasteiger partial charge >= 0.3 is 0 Å². The highest BCUT2D eigenvalue weighted by molar-refractivity contribution is 6.32. The summed E-state index contributed by atoms with van der Waals surface area (Å²) >= 11 is 6.01. The number of hydrogen-bond donors (Lipinski definition) is 1. The molecule has 1 N–H and O–H groups in total. The second-order valence-electron chi connectivity index (χ2n) is 5.39. The number of amides is 2. The van der Waals surface area contributed by atoms with Crippen LogP contribution in [-0.4, -0.2) is 61.4 Å². The molecule has 23 heavy (non-hydrogen) atoms. The van der Waals surface area contributed by atoms with Crippen LogP contribution < -0.4 is 10.1 Å². The molecule has 126 valence electrons. The Hall–Kier alpha value is -1.79. The molecule has 7 heteroatoms. The first-order chi connectivity index (χ1) is 11.0. The number of benzene rings is 1. The van der Waals surface area contributed by atoms with Crippen LogP contribution in [-0.2, 0) is 9.59 Å². The quantitative estimate of drug-likeness (QED) is 0.832. The maximum absolute atomic E-state index is 12.2. The third kappa shape index (κ3) is 4.84. The summed E-state index contributed by atoms with van der Waals surface area (Å²) < 4.78 is 5.06. The molecule has 0 unspecified atom stereocenters. The van der Waals surface area contributed by atoms with Crippen molar-refractivity contribution in [2.75, 3.05) is 45.2 Å². The second kappa shape index (κ2) is 8.17. The van der Waals surface area contributed by atoms with E-state index in [1.165, 1.54) is 7.11 Å². The summed E-state index contributed by atoms with van der Waals surface area (Å²) in [5, 5.41) is 3.10. The van der Waals surface area contributed by atoms with Crippen LogP contribution in [0.4, 0.5) is 5.69 Å². The van der Waals surface area contributed by atoms with Crippen molar-refractivity contribution >= 4 is 29.1 Å². The number of rotatable bonds is 5. The fourth-order valence-corrected chi connectivity index (χ4v) is 2.77. The first-order valence-electron chi connectivity index (χ1n) is 7.67. The van der Waals surface area contributed by atoms with Gasteiger partial charge < -0.3 is 19.9 Å². The number of ether oxygens (including phenoxy) is 1. The van der Waals surface area contributed by atoms with Gasteiger partial charge in [0, 0.05) is 31.9 Å². The molecular weight excluding hydrogens is 318 g/mol. The molecule has 0 aromatic heterocycles. The highest BCUT2D eigenvalue weighted by Gasteiger charge is 2.22. The molecule has 1 aromatic rings. The van der Waals surface area contributed by atoms with Gasteiger partial charge in [-0.25, -0.2) is 0 Å². The Labute approximate surface area is 141 Å². The minimum absolute atomic E-state index is 0.141. The number of nitrogens with zero attached hydrogens (tertiary/aromatic N) is 2. The van der Waals surface area contributed by atoms with Gasteiger partial charge in [-0.15, -0.1) is 0 Å². The van der Waals surface area contributed by atoms with Crippen LogP contribution in [0.25, 0.3) is 0 Å². The predicted molar refractivity (Wildman–Crippen MR) is 89.9 cm³/mol. The van der Waals surface area contributed by atoms with E-state index in [1.54, 1.807) is 23.1 Å². The maximum Gasteiger partial charge on any atom is 0.233 e. The largest absolute Gasteiger partial charge is 0.495 e. The van der Waals surface area contributed by atoms with E-state index in [0.29, 0.717) is 29.5 Å². The van der Waals surface area contributed by atoms with Crippen molar-refractivity contribution in [3.05, 3.63) is 23.2 Å². The van der Waals surface area contributed by atoms with Crippen molar-refractivity contribution in [2.24, 2.45) is 0 Å². The van der Waals surface area contributed by atoms with Gasteiger partial charge in [0.05, 0.1) is 12.1 Å². The van der Waals surface area contributed by atoms with Crippen LogP contribution >= 0.6 is 11.6 Å². The normalized spacial score (nSPS) is 15.3. The lowest BCUT2D eigenvalue weighted by Crippen LogP contribution is -2.49. The van der Waals surface area contributed by atoms with Gasteiger partial charge in [0.1, 0.15) is 12.2 Å². The summed E-state index contributed by atoms with van der Waals surface area (Å²) in [5.74, 6) is 0.0570. The number of likely N-dealkylation sites (N-methyl/N-ethyl adjacent to an activating group) is 1. The van der Waals surface area contributed by atoms with E-state index in [0.717, 1.165) is 19.6 Å². The molecule has 2 amide bonds. The summed E-state index contributed by atoms with van der Waals surface area (Å²) in [4.78, 5) is 28.2. The minimum Gasteiger partial charge on any atom is -0.495 e. The summed E-state index contributed by atoms with van der Waals surface area (Å²) in [7, 11) is 1.52.